The Hall–Kier alpha value is -2.61. The molecular weight excluding hydrogens is 364 g/mol. The first-order valence-electron chi connectivity index (χ1n) is 8.65. The number of rotatable bonds is 5. The van der Waals surface area contributed by atoms with Gasteiger partial charge in [0.1, 0.15) is 0 Å². The highest BCUT2D eigenvalue weighted by molar-refractivity contribution is 7.99. The molecule has 0 saturated carbocycles. The summed E-state index contributed by atoms with van der Waals surface area (Å²) < 4.78 is 4.19. The minimum Gasteiger partial charge on any atom is -0.313 e. The number of nitrogens with zero attached hydrogens (tertiary/aromatic N) is 4. The summed E-state index contributed by atoms with van der Waals surface area (Å²) in [5.74, 6) is 0.208. The van der Waals surface area contributed by atoms with E-state index in [0.29, 0.717) is 28.4 Å². The van der Waals surface area contributed by atoms with E-state index in [1.54, 1.807) is 11.6 Å². The number of Topliss-reactive ketones (excluding diaryl/α,β-unsaturated/α-hetero) is 1. The van der Waals surface area contributed by atoms with Crippen LogP contribution in [-0.4, -0.2) is 30.2 Å². The predicted molar refractivity (Wildman–Crippen MR) is 107 cm³/mol. The maximum atomic E-state index is 12.6. The van der Waals surface area contributed by atoms with Crippen molar-refractivity contribution in [2.24, 2.45) is 14.1 Å². The van der Waals surface area contributed by atoms with Gasteiger partial charge in [0.15, 0.2) is 22.1 Å². The van der Waals surface area contributed by atoms with Gasteiger partial charge in [-0.1, -0.05) is 23.9 Å². The number of imidazole rings is 1. The first kappa shape index (κ1) is 19.2. The summed E-state index contributed by atoms with van der Waals surface area (Å²) in [7, 11) is 3.04. The second-order valence-corrected chi connectivity index (χ2v) is 7.47. The molecule has 0 spiro atoms. The lowest BCUT2D eigenvalue weighted by atomic mass is 10.0. The van der Waals surface area contributed by atoms with Gasteiger partial charge in [-0.3, -0.25) is 18.7 Å². The standard InChI is InChI=1S/C19H22N4O3S/c1-6-23-15-16(21(4)19(26)22(5)17(15)25)20-18(23)27-10-14(24)13-8-7-11(2)12(3)9-13/h7-9H,6,10H2,1-5H3. The summed E-state index contributed by atoms with van der Waals surface area (Å²) in [6.45, 7) is 6.41. The third-order valence-electron chi connectivity index (χ3n) is 4.79. The highest BCUT2D eigenvalue weighted by Gasteiger charge is 2.19. The molecule has 142 valence electrons. The third kappa shape index (κ3) is 3.25. The van der Waals surface area contributed by atoms with Gasteiger partial charge in [-0.25, -0.2) is 9.78 Å². The number of benzene rings is 1. The number of aromatic nitrogens is 4. The molecule has 0 amide bonds. The Kier molecular flexibility index (Phi) is 5.10. The maximum Gasteiger partial charge on any atom is 0.332 e. The first-order valence-corrected chi connectivity index (χ1v) is 9.64. The monoisotopic (exact) mass is 386 g/mol. The number of aryl methyl sites for hydroxylation is 4. The number of thioether (sulfide) groups is 1. The Bertz CT molecular complexity index is 1170. The van der Waals surface area contributed by atoms with Crippen molar-refractivity contribution in [3.8, 4) is 0 Å². The van der Waals surface area contributed by atoms with Crippen molar-refractivity contribution in [1.29, 1.82) is 0 Å². The zero-order valence-corrected chi connectivity index (χ0v) is 16.9. The topological polar surface area (TPSA) is 78.9 Å². The predicted octanol–water partition coefficient (Wildman–Crippen LogP) is 2.05. The summed E-state index contributed by atoms with van der Waals surface area (Å²) in [6, 6.07) is 5.65. The van der Waals surface area contributed by atoms with E-state index in [1.165, 1.54) is 23.4 Å². The lowest BCUT2D eigenvalue weighted by molar-refractivity contribution is 0.102. The summed E-state index contributed by atoms with van der Waals surface area (Å²) in [4.78, 5) is 41.7. The lowest BCUT2D eigenvalue weighted by Gasteiger charge is -2.07. The molecule has 0 aliphatic rings. The summed E-state index contributed by atoms with van der Waals surface area (Å²) in [5.41, 5.74) is 2.79. The molecule has 3 aromatic rings. The van der Waals surface area contributed by atoms with Gasteiger partial charge in [0.25, 0.3) is 5.56 Å². The van der Waals surface area contributed by atoms with Crippen LogP contribution in [0.15, 0.2) is 32.9 Å². The molecule has 0 fully saturated rings. The molecule has 27 heavy (non-hydrogen) atoms. The molecule has 3 rings (SSSR count). The number of fused-ring (bicyclic) bond motifs is 1. The molecule has 0 atom stereocenters. The number of ketones is 1. The van der Waals surface area contributed by atoms with Crippen LogP contribution < -0.4 is 11.2 Å². The highest BCUT2D eigenvalue weighted by atomic mass is 32.2. The van der Waals surface area contributed by atoms with Gasteiger partial charge < -0.3 is 4.57 Å². The van der Waals surface area contributed by atoms with E-state index in [1.807, 2.05) is 39.0 Å². The molecular formula is C19H22N4O3S. The van der Waals surface area contributed by atoms with E-state index < -0.39 is 5.69 Å². The van der Waals surface area contributed by atoms with E-state index in [0.717, 1.165) is 15.7 Å². The van der Waals surface area contributed by atoms with E-state index in [4.69, 9.17) is 0 Å². The fourth-order valence-electron chi connectivity index (χ4n) is 2.96. The summed E-state index contributed by atoms with van der Waals surface area (Å²) in [6.07, 6.45) is 0. The first-order chi connectivity index (χ1) is 12.8. The quantitative estimate of drug-likeness (QED) is 0.495. The number of hydrogen-bond acceptors (Lipinski definition) is 5. The fourth-order valence-corrected chi connectivity index (χ4v) is 3.91. The zero-order chi connectivity index (χ0) is 19.9. The van der Waals surface area contributed by atoms with Crippen LogP contribution in [0.4, 0.5) is 0 Å². The molecule has 0 saturated heterocycles. The number of hydrogen-bond donors (Lipinski definition) is 0. The van der Waals surface area contributed by atoms with Crippen LogP contribution in [-0.2, 0) is 20.6 Å². The van der Waals surface area contributed by atoms with Crippen LogP contribution >= 0.6 is 11.8 Å². The minimum atomic E-state index is -0.420. The van der Waals surface area contributed by atoms with Crippen LogP contribution in [0, 0.1) is 13.8 Å². The molecule has 7 nitrogen and oxygen atoms in total. The van der Waals surface area contributed by atoms with Crippen molar-refractivity contribution in [2.45, 2.75) is 32.5 Å². The van der Waals surface area contributed by atoms with E-state index >= 15 is 0 Å². The van der Waals surface area contributed by atoms with E-state index in [-0.39, 0.29) is 17.1 Å². The molecule has 2 heterocycles. The molecule has 2 aromatic heterocycles. The van der Waals surface area contributed by atoms with Gasteiger partial charge in [-0.05, 0) is 38.0 Å². The van der Waals surface area contributed by atoms with Crippen LogP contribution in [0.5, 0.6) is 0 Å². The van der Waals surface area contributed by atoms with Crippen LogP contribution in [0.25, 0.3) is 11.2 Å². The molecule has 0 bridgehead atoms. The molecule has 0 radical (unpaired) electrons. The van der Waals surface area contributed by atoms with Crippen molar-refractivity contribution >= 4 is 28.7 Å². The zero-order valence-electron chi connectivity index (χ0n) is 16.1. The molecule has 0 aliphatic carbocycles. The molecule has 0 N–H and O–H groups in total. The Morgan fingerprint density at radius 2 is 1.81 bits per heavy atom. The van der Waals surface area contributed by atoms with Crippen molar-refractivity contribution in [2.75, 3.05) is 5.75 Å². The van der Waals surface area contributed by atoms with Gasteiger partial charge in [0.05, 0.1) is 5.75 Å². The van der Waals surface area contributed by atoms with Gasteiger partial charge in [0.2, 0.25) is 0 Å². The smallest absolute Gasteiger partial charge is 0.313 e. The van der Waals surface area contributed by atoms with Gasteiger partial charge in [-0.15, -0.1) is 0 Å². The molecule has 0 aliphatic heterocycles. The van der Waals surface area contributed by atoms with Crippen molar-refractivity contribution < 1.29 is 4.79 Å². The van der Waals surface area contributed by atoms with Gasteiger partial charge in [0, 0.05) is 26.2 Å². The highest BCUT2D eigenvalue weighted by Crippen LogP contribution is 2.23. The number of carbonyl (C=O) groups excluding carboxylic acids is 1. The average Bonchev–Trinajstić information content (AvgIpc) is 3.03. The SMILES string of the molecule is CCn1c(SCC(=O)c2ccc(C)c(C)c2)nc2c1c(=O)n(C)c(=O)n2C. The van der Waals surface area contributed by atoms with E-state index in [9.17, 15) is 14.4 Å². The van der Waals surface area contributed by atoms with Gasteiger partial charge in [-0.2, -0.15) is 0 Å². The van der Waals surface area contributed by atoms with Crippen molar-refractivity contribution in [1.82, 2.24) is 18.7 Å². The van der Waals surface area contributed by atoms with Crippen molar-refractivity contribution in [3.05, 3.63) is 55.7 Å². The van der Waals surface area contributed by atoms with Crippen LogP contribution in [0.1, 0.15) is 28.4 Å². The Morgan fingerprint density at radius 1 is 1.11 bits per heavy atom. The second-order valence-electron chi connectivity index (χ2n) is 6.53. The van der Waals surface area contributed by atoms with Crippen molar-refractivity contribution in [3.63, 3.8) is 0 Å². The molecule has 0 unspecified atom stereocenters. The summed E-state index contributed by atoms with van der Waals surface area (Å²) in [5, 5.41) is 0.558. The largest absolute Gasteiger partial charge is 0.332 e. The fraction of sp³-hybridized carbons (Fsp3) is 0.368. The van der Waals surface area contributed by atoms with E-state index in [2.05, 4.69) is 4.98 Å². The number of carbonyl (C=O) groups is 1. The maximum absolute atomic E-state index is 12.6. The lowest BCUT2D eigenvalue weighted by Crippen LogP contribution is -2.37. The Balaban J connectivity index is 1.98. The Morgan fingerprint density at radius 3 is 2.44 bits per heavy atom. The van der Waals surface area contributed by atoms with Crippen LogP contribution in [0.2, 0.25) is 0 Å². The third-order valence-corrected chi connectivity index (χ3v) is 5.77. The minimum absolute atomic E-state index is 0.000370. The normalized spacial score (nSPS) is 11.3. The van der Waals surface area contributed by atoms with Gasteiger partial charge >= 0.3 is 5.69 Å². The molecule has 8 heteroatoms. The summed E-state index contributed by atoms with van der Waals surface area (Å²) >= 11 is 1.28. The Labute approximate surface area is 160 Å². The molecule has 1 aromatic carbocycles. The van der Waals surface area contributed by atoms with Crippen LogP contribution in [0.3, 0.4) is 0 Å². The second kappa shape index (κ2) is 7.19. The average molecular weight is 386 g/mol.